The minimum Gasteiger partial charge on any atom is -0.342 e. The van der Waals surface area contributed by atoms with Crippen molar-refractivity contribution in [1.29, 1.82) is 0 Å². The molecule has 2 aliphatic rings. The van der Waals surface area contributed by atoms with Gasteiger partial charge in [-0.2, -0.15) is 0 Å². The molecule has 1 aliphatic carbocycles. The molecular weight excluding hydrogens is 338 g/mol. The summed E-state index contributed by atoms with van der Waals surface area (Å²) in [5.41, 5.74) is 8.80. The molecular formula is C18H24ClN5O. The monoisotopic (exact) mass is 361 g/mol. The van der Waals surface area contributed by atoms with Crippen molar-refractivity contribution in [2.24, 2.45) is 17.6 Å². The summed E-state index contributed by atoms with van der Waals surface area (Å²) in [7, 11) is 0. The number of carbonyl (C=O) groups is 1. The second-order valence-corrected chi connectivity index (χ2v) is 7.01. The van der Waals surface area contributed by atoms with E-state index >= 15 is 0 Å². The number of hydrogen-bond acceptors (Lipinski definition) is 4. The van der Waals surface area contributed by atoms with Crippen LogP contribution in [-0.2, 0) is 11.2 Å². The zero-order valence-corrected chi connectivity index (χ0v) is 15.2. The van der Waals surface area contributed by atoms with Gasteiger partial charge in [-0.25, -0.2) is 4.68 Å². The lowest BCUT2D eigenvalue weighted by atomic mass is 9.98. The third kappa shape index (κ3) is 3.28. The lowest BCUT2D eigenvalue weighted by molar-refractivity contribution is -0.129. The minimum absolute atomic E-state index is 0. The molecule has 3 atom stereocenters. The summed E-state index contributed by atoms with van der Waals surface area (Å²) < 4.78 is 1.79. The largest absolute Gasteiger partial charge is 0.342 e. The van der Waals surface area contributed by atoms with E-state index in [9.17, 15) is 4.79 Å². The molecule has 3 unspecified atom stereocenters. The van der Waals surface area contributed by atoms with Gasteiger partial charge in [0.05, 0.1) is 23.5 Å². The highest BCUT2D eigenvalue weighted by Gasteiger charge is 2.42. The lowest BCUT2D eigenvalue weighted by Crippen LogP contribution is -2.34. The van der Waals surface area contributed by atoms with Gasteiger partial charge < -0.3 is 10.6 Å². The van der Waals surface area contributed by atoms with Crippen LogP contribution in [-0.4, -0.2) is 44.9 Å². The Hall–Kier alpha value is -1.92. The van der Waals surface area contributed by atoms with Crippen molar-refractivity contribution in [3.8, 4) is 5.69 Å². The normalized spacial score (nSPS) is 24.9. The summed E-state index contributed by atoms with van der Waals surface area (Å²) >= 11 is 0. The SMILES string of the molecule is Cc1c(CC(=O)N2CC3CCC(N)C3C2)nnn1-c1ccccc1.Cl. The van der Waals surface area contributed by atoms with Gasteiger partial charge in [-0.05, 0) is 43.7 Å². The van der Waals surface area contributed by atoms with Gasteiger partial charge in [0.2, 0.25) is 5.91 Å². The van der Waals surface area contributed by atoms with E-state index in [4.69, 9.17) is 5.73 Å². The number of rotatable bonds is 3. The number of halogens is 1. The van der Waals surface area contributed by atoms with Gasteiger partial charge in [0, 0.05) is 19.1 Å². The van der Waals surface area contributed by atoms with Crippen LogP contribution in [0.2, 0.25) is 0 Å². The van der Waals surface area contributed by atoms with Crippen LogP contribution in [0.3, 0.4) is 0 Å². The molecule has 1 aliphatic heterocycles. The number of amides is 1. The maximum Gasteiger partial charge on any atom is 0.228 e. The Bertz CT molecular complexity index is 747. The molecule has 7 heteroatoms. The third-order valence-corrected chi connectivity index (χ3v) is 5.57. The molecule has 6 nitrogen and oxygen atoms in total. The van der Waals surface area contributed by atoms with Crippen molar-refractivity contribution >= 4 is 18.3 Å². The Morgan fingerprint density at radius 1 is 1.24 bits per heavy atom. The van der Waals surface area contributed by atoms with E-state index in [-0.39, 0.29) is 24.4 Å². The van der Waals surface area contributed by atoms with Crippen LogP contribution in [0.25, 0.3) is 5.69 Å². The van der Waals surface area contributed by atoms with Crippen LogP contribution in [0.5, 0.6) is 0 Å². The van der Waals surface area contributed by atoms with Gasteiger partial charge >= 0.3 is 0 Å². The summed E-state index contributed by atoms with van der Waals surface area (Å²) in [6, 6.07) is 10.1. The van der Waals surface area contributed by atoms with E-state index in [0.29, 0.717) is 18.3 Å². The number of carbonyl (C=O) groups excluding carboxylic acids is 1. The average Bonchev–Trinajstić information content (AvgIpc) is 3.26. The highest BCUT2D eigenvalue weighted by atomic mass is 35.5. The first kappa shape index (κ1) is 17.9. The fraction of sp³-hybridized carbons (Fsp3) is 0.500. The van der Waals surface area contributed by atoms with Crippen LogP contribution in [0.15, 0.2) is 30.3 Å². The van der Waals surface area contributed by atoms with Crippen molar-refractivity contribution in [1.82, 2.24) is 19.9 Å². The number of fused-ring (bicyclic) bond motifs is 1. The highest BCUT2D eigenvalue weighted by Crippen LogP contribution is 2.37. The van der Waals surface area contributed by atoms with E-state index < -0.39 is 0 Å². The zero-order chi connectivity index (χ0) is 16.7. The van der Waals surface area contributed by atoms with Gasteiger partial charge in [0.15, 0.2) is 0 Å². The van der Waals surface area contributed by atoms with E-state index in [1.807, 2.05) is 42.2 Å². The Labute approximate surface area is 153 Å². The maximum absolute atomic E-state index is 12.7. The summed E-state index contributed by atoms with van der Waals surface area (Å²) in [6.45, 7) is 3.61. The first-order chi connectivity index (χ1) is 11.6. The zero-order valence-electron chi connectivity index (χ0n) is 14.3. The summed E-state index contributed by atoms with van der Waals surface area (Å²) in [5, 5.41) is 8.44. The predicted molar refractivity (Wildman–Crippen MR) is 97.8 cm³/mol. The molecule has 1 aromatic heterocycles. The quantitative estimate of drug-likeness (QED) is 0.903. The van der Waals surface area contributed by atoms with E-state index in [1.165, 1.54) is 0 Å². The topological polar surface area (TPSA) is 77.0 Å². The Morgan fingerprint density at radius 2 is 2.00 bits per heavy atom. The van der Waals surface area contributed by atoms with Crippen LogP contribution in [0.4, 0.5) is 0 Å². The fourth-order valence-electron chi connectivity index (χ4n) is 4.10. The maximum atomic E-state index is 12.7. The molecule has 134 valence electrons. The first-order valence-electron chi connectivity index (χ1n) is 8.63. The summed E-state index contributed by atoms with van der Waals surface area (Å²) in [5.74, 6) is 1.21. The third-order valence-electron chi connectivity index (χ3n) is 5.57. The number of para-hydroxylation sites is 1. The number of nitrogens with zero attached hydrogens (tertiary/aromatic N) is 4. The lowest BCUT2D eigenvalue weighted by Gasteiger charge is -2.18. The van der Waals surface area contributed by atoms with Gasteiger partial charge in [-0.15, -0.1) is 17.5 Å². The molecule has 2 fully saturated rings. The molecule has 2 N–H and O–H groups in total. The molecule has 25 heavy (non-hydrogen) atoms. The second kappa shape index (κ2) is 7.14. The second-order valence-electron chi connectivity index (χ2n) is 7.01. The molecule has 0 bridgehead atoms. The van der Waals surface area contributed by atoms with E-state index in [1.54, 1.807) is 4.68 Å². The number of nitrogens with two attached hydrogens (primary N) is 1. The summed E-state index contributed by atoms with van der Waals surface area (Å²) in [4.78, 5) is 14.6. The molecule has 1 amide bonds. The summed E-state index contributed by atoms with van der Waals surface area (Å²) in [6.07, 6.45) is 2.56. The van der Waals surface area contributed by atoms with Gasteiger partial charge in [0.25, 0.3) is 0 Å². The van der Waals surface area contributed by atoms with Gasteiger partial charge in [-0.1, -0.05) is 23.4 Å². The molecule has 2 aromatic rings. The predicted octanol–water partition coefficient (Wildman–Crippen LogP) is 1.74. The van der Waals surface area contributed by atoms with Crippen LogP contribution < -0.4 is 5.73 Å². The number of aromatic nitrogens is 3. The molecule has 1 saturated carbocycles. The Balaban J connectivity index is 0.00000182. The standard InChI is InChI=1S/C18H23N5O.ClH/c1-12-17(20-21-23(12)14-5-3-2-4-6-14)9-18(24)22-10-13-7-8-16(19)15(13)11-22;/h2-6,13,15-16H,7-11,19H2,1H3;1H. The first-order valence-corrected chi connectivity index (χ1v) is 8.63. The van der Waals surface area contributed by atoms with Crippen molar-refractivity contribution in [3.63, 3.8) is 0 Å². The average molecular weight is 362 g/mol. The van der Waals surface area contributed by atoms with Gasteiger partial charge in [0.1, 0.15) is 0 Å². The van der Waals surface area contributed by atoms with Crippen LogP contribution in [0.1, 0.15) is 24.2 Å². The van der Waals surface area contributed by atoms with Crippen molar-refractivity contribution in [2.75, 3.05) is 13.1 Å². The number of hydrogen-bond donors (Lipinski definition) is 1. The molecule has 1 saturated heterocycles. The molecule has 2 heterocycles. The smallest absolute Gasteiger partial charge is 0.228 e. The van der Waals surface area contributed by atoms with Gasteiger partial charge in [-0.3, -0.25) is 4.79 Å². The molecule has 4 rings (SSSR count). The Kier molecular flexibility index (Phi) is 5.11. The van der Waals surface area contributed by atoms with Crippen LogP contribution in [0, 0.1) is 18.8 Å². The number of benzene rings is 1. The van der Waals surface area contributed by atoms with Crippen LogP contribution >= 0.6 is 12.4 Å². The molecule has 1 aromatic carbocycles. The Morgan fingerprint density at radius 3 is 2.72 bits per heavy atom. The molecule has 0 spiro atoms. The minimum atomic E-state index is 0. The molecule has 0 radical (unpaired) electrons. The highest BCUT2D eigenvalue weighted by molar-refractivity contribution is 5.85. The number of likely N-dealkylation sites (tertiary alicyclic amines) is 1. The van der Waals surface area contributed by atoms with E-state index in [2.05, 4.69) is 10.3 Å². The van der Waals surface area contributed by atoms with E-state index in [0.717, 1.165) is 43.0 Å². The van der Waals surface area contributed by atoms with Crippen molar-refractivity contribution in [2.45, 2.75) is 32.2 Å². The van der Waals surface area contributed by atoms with Crippen molar-refractivity contribution in [3.05, 3.63) is 41.7 Å². The fourth-order valence-corrected chi connectivity index (χ4v) is 4.10. The van der Waals surface area contributed by atoms with Crippen molar-refractivity contribution < 1.29 is 4.79 Å².